The van der Waals surface area contributed by atoms with Gasteiger partial charge in [0.15, 0.2) is 0 Å². The third-order valence-corrected chi connectivity index (χ3v) is 3.23. The highest BCUT2D eigenvalue weighted by Gasteiger charge is 2.15. The van der Waals surface area contributed by atoms with Crippen molar-refractivity contribution in [1.29, 1.82) is 0 Å². The molecular weight excluding hydrogens is 230 g/mol. The van der Waals surface area contributed by atoms with E-state index < -0.39 is 0 Å². The molecule has 13 heavy (non-hydrogen) atoms. The topological polar surface area (TPSA) is 29.9 Å². The molecule has 2 rings (SSSR count). The molecule has 0 spiro atoms. The van der Waals surface area contributed by atoms with E-state index in [2.05, 4.69) is 32.4 Å². The molecule has 1 fully saturated rings. The van der Waals surface area contributed by atoms with E-state index in [1.165, 1.54) is 25.1 Å². The molecule has 1 aliphatic rings. The molecule has 0 bridgehead atoms. The molecule has 1 N–H and O–H groups in total. The summed E-state index contributed by atoms with van der Waals surface area (Å²) < 4.78 is 2.92. The van der Waals surface area contributed by atoms with Crippen LogP contribution in [0.25, 0.3) is 0 Å². The number of rotatable bonds is 2. The summed E-state index contributed by atoms with van der Waals surface area (Å²) in [6.07, 6.45) is 3.65. The highest BCUT2D eigenvalue weighted by Crippen LogP contribution is 2.15. The Hall–Kier alpha value is -0.350. The number of aromatic nitrogens is 2. The third kappa shape index (κ3) is 2.11. The van der Waals surface area contributed by atoms with Crippen LogP contribution in [0.15, 0.2) is 10.7 Å². The molecule has 3 nitrogen and oxygen atoms in total. The SMILES string of the molecule is Cn1nc(CC2CCCN2)cc1Br. The summed E-state index contributed by atoms with van der Waals surface area (Å²) in [5, 5.41) is 7.87. The Balaban J connectivity index is 2.00. The molecule has 4 heteroatoms. The summed E-state index contributed by atoms with van der Waals surface area (Å²) in [7, 11) is 1.95. The number of nitrogens with one attached hydrogen (secondary N) is 1. The quantitative estimate of drug-likeness (QED) is 0.853. The van der Waals surface area contributed by atoms with Crippen LogP contribution in [0.1, 0.15) is 18.5 Å². The zero-order valence-corrected chi connectivity index (χ0v) is 9.34. The maximum Gasteiger partial charge on any atom is 0.104 e. The van der Waals surface area contributed by atoms with Crippen LogP contribution in [-0.2, 0) is 13.5 Å². The zero-order valence-electron chi connectivity index (χ0n) is 7.76. The Labute approximate surface area is 86.6 Å². The van der Waals surface area contributed by atoms with E-state index in [1.807, 2.05) is 11.7 Å². The van der Waals surface area contributed by atoms with E-state index in [-0.39, 0.29) is 0 Å². The van der Waals surface area contributed by atoms with Gasteiger partial charge in [-0.2, -0.15) is 5.10 Å². The van der Waals surface area contributed by atoms with Gasteiger partial charge in [0, 0.05) is 19.5 Å². The van der Waals surface area contributed by atoms with Gasteiger partial charge in [-0.05, 0) is 41.4 Å². The summed E-state index contributed by atoms with van der Waals surface area (Å²) in [5.41, 5.74) is 1.17. The monoisotopic (exact) mass is 243 g/mol. The first-order chi connectivity index (χ1) is 6.25. The molecule has 1 aromatic heterocycles. The second kappa shape index (κ2) is 3.80. The van der Waals surface area contributed by atoms with Crippen molar-refractivity contribution in [2.45, 2.75) is 25.3 Å². The number of hydrogen-bond acceptors (Lipinski definition) is 2. The van der Waals surface area contributed by atoms with Gasteiger partial charge in [-0.15, -0.1) is 0 Å². The molecule has 1 saturated heterocycles. The summed E-state index contributed by atoms with van der Waals surface area (Å²) in [6.45, 7) is 1.17. The van der Waals surface area contributed by atoms with Crippen molar-refractivity contribution in [2.75, 3.05) is 6.54 Å². The largest absolute Gasteiger partial charge is 0.314 e. The van der Waals surface area contributed by atoms with Gasteiger partial charge in [0.1, 0.15) is 4.60 Å². The van der Waals surface area contributed by atoms with E-state index in [0.717, 1.165) is 11.0 Å². The summed E-state index contributed by atoms with van der Waals surface area (Å²) in [5.74, 6) is 0. The summed E-state index contributed by atoms with van der Waals surface area (Å²) in [4.78, 5) is 0. The first-order valence-corrected chi connectivity index (χ1v) is 5.47. The lowest BCUT2D eigenvalue weighted by Gasteiger charge is -2.06. The fourth-order valence-electron chi connectivity index (χ4n) is 1.78. The van der Waals surface area contributed by atoms with Crippen LogP contribution in [-0.4, -0.2) is 22.4 Å². The van der Waals surface area contributed by atoms with Gasteiger partial charge in [-0.25, -0.2) is 0 Å². The Morgan fingerprint density at radius 2 is 2.62 bits per heavy atom. The standard InChI is InChI=1S/C9H14BrN3/c1-13-9(10)6-8(12-13)5-7-3-2-4-11-7/h6-7,11H,2-5H2,1H3. The molecule has 0 radical (unpaired) electrons. The van der Waals surface area contributed by atoms with Crippen molar-refractivity contribution in [3.63, 3.8) is 0 Å². The van der Waals surface area contributed by atoms with Gasteiger partial charge in [0.25, 0.3) is 0 Å². The Kier molecular flexibility index (Phi) is 2.69. The van der Waals surface area contributed by atoms with Gasteiger partial charge in [-0.3, -0.25) is 4.68 Å². The van der Waals surface area contributed by atoms with E-state index >= 15 is 0 Å². The van der Waals surface area contributed by atoms with Crippen molar-refractivity contribution in [2.24, 2.45) is 7.05 Å². The lowest BCUT2D eigenvalue weighted by molar-refractivity contribution is 0.587. The smallest absolute Gasteiger partial charge is 0.104 e. The third-order valence-electron chi connectivity index (χ3n) is 2.49. The molecule has 0 aliphatic carbocycles. The van der Waals surface area contributed by atoms with Gasteiger partial charge in [0.2, 0.25) is 0 Å². The van der Waals surface area contributed by atoms with Gasteiger partial charge in [-0.1, -0.05) is 0 Å². The zero-order chi connectivity index (χ0) is 9.26. The first-order valence-electron chi connectivity index (χ1n) is 4.67. The van der Waals surface area contributed by atoms with Crippen molar-refractivity contribution < 1.29 is 0 Å². The van der Waals surface area contributed by atoms with E-state index in [1.54, 1.807) is 0 Å². The summed E-state index contributed by atoms with van der Waals surface area (Å²) in [6, 6.07) is 2.74. The Bertz CT molecular complexity index is 270. The molecule has 0 saturated carbocycles. The van der Waals surface area contributed by atoms with Crippen molar-refractivity contribution >= 4 is 15.9 Å². The molecule has 2 heterocycles. The molecule has 0 amide bonds. The second-order valence-corrected chi connectivity index (χ2v) is 4.39. The normalized spacial score (nSPS) is 22.5. The summed E-state index contributed by atoms with van der Waals surface area (Å²) >= 11 is 3.45. The Morgan fingerprint density at radius 3 is 3.15 bits per heavy atom. The minimum Gasteiger partial charge on any atom is -0.314 e. The van der Waals surface area contributed by atoms with Gasteiger partial charge >= 0.3 is 0 Å². The number of hydrogen-bond donors (Lipinski definition) is 1. The molecule has 0 aromatic carbocycles. The highest BCUT2D eigenvalue weighted by molar-refractivity contribution is 9.10. The van der Waals surface area contributed by atoms with Crippen LogP contribution in [0.5, 0.6) is 0 Å². The van der Waals surface area contributed by atoms with Crippen LogP contribution < -0.4 is 5.32 Å². The molecule has 72 valence electrons. The van der Waals surface area contributed by atoms with E-state index in [0.29, 0.717) is 6.04 Å². The number of aryl methyl sites for hydroxylation is 1. The molecule has 1 atom stereocenters. The minimum atomic E-state index is 0.641. The van der Waals surface area contributed by atoms with Gasteiger partial charge < -0.3 is 5.32 Å². The molecule has 1 unspecified atom stereocenters. The Morgan fingerprint density at radius 1 is 1.77 bits per heavy atom. The molecule has 1 aliphatic heterocycles. The second-order valence-electron chi connectivity index (χ2n) is 3.58. The van der Waals surface area contributed by atoms with Crippen LogP contribution in [0, 0.1) is 0 Å². The number of halogens is 1. The van der Waals surface area contributed by atoms with Crippen LogP contribution >= 0.6 is 15.9 Å². The van der Waals surface area contributed by atoms with E-state index in [4.69, 9.17) is 0 Å². The van der Waals surface area contributed by atoms with Crippen molar-refractivity contribution in [3.05, 3.63) is 16.4 Å². The maximum absolute atomic E-state index is 4.40. The van der Waals surface area contributed by atoms with E-state index in [9.17, 15) is 0 Å². The first kappa shape index (κ1) is 9.21. The minimum absolute atomic E-state index is 0.641. The van der Waals surface area contributed by atoms with Crippen LogP contribution in [0.3, 0.4) is 0 Å². The van der Waals surface area contributed by atoms with Crippen molar-refractivity contribution in [3.8, 4) is 0 Å². The lowest BCUT2D eigenvalue weighted by Crippen LogP contribution is -2.23. The van der Waals surface area contributed by atoms with Crippen molar-refractivity contribution in [1.82, 2.24) is 15.1 Å². The maximum atomic E-state index is 4.40. The predicted molar refractivity (Wildman–Crippen MR) is 55.6 cm³/mol. The lowest BCUT2D eigenvalue weighted by atomic mass is 10.1. The fraction of sp³-hybridized carbons (Fsp3) is 0.667. The average Bonchev–Trinajstić information content (AvgIpc) is 2.64. The van der Waals surface area contributed by atoms with Crippen LogP contribution in [0.2, 0.25) is 0 Å². The molecular formula is C9H14BrN3. The average molecular weight is 244 g/mol. The fourth-order valence-corrected chi connectivity index (χ4v) is 2.13. The highest BCUT2D eigenvalue weighted by atomic mass is 79.9. The van der Waals surface area contributed by atoms with Crippen LogP contribution in [0.4, 0.5) is 0 Å². The molecule has 1 aromatic rings. The number of nitrogens with zero attached hydrogens (tertiary/aromatic N) is 2. The predicted octanol–water partition coefficient (Wildman–Crippen LogP) is 1.48. The van der Waals surface area contributed by atoms with Gasteiger partial charge in [0.05, 0.1) is 5.69 Å².